The molecule has 0 radical (unpaired) electrons. The van der Waals surface area contributed by atoms with Crippen molar-refractivity contribution in [1.29, 1.82) is 0 Å². The van der Waals surface area contributed by atoms with Crippen molar-refractivity contribution >= 4 is 11.8 Å². The average Bonchev–Trinajstić information content (AvgIpc) is 2.93. The van der Waals surface area contributed by atoms with E-state index in [0.717, 1.165) is 17.0 Å². The van der Waals surface area contributed by atoms with Crippen LogP contribution >= 0.6 is 0 Å². The van der Waals surface area contributed by atoms with E-state index >= 15 is 0 Å². The van der Waals surface area contributed by atoms with Crippen molar-refractivity contribution in [3.63, 3.8) is 0 Å². The molecule has 1 amide bonds. The predicted molar refractivity (Wildman–Crippen MR) is 106 cm³/mol. The zero-order valence-corrected chi connectivity index (χ0v) is 16.7. The number of carbonyl (C=O) groups excluding carboxylic acids is 1. The molecule has 0 bridgehead atoms. The second-order valence-corrected chi connectivity index (χ2v) is 8.17. The van der Waals surface area contributed by atoms with E-state index < -0.39 is 5.60 Å². The maximum Gasteiger partial charge on any atom is 0.412 e. The number of rotatable bonds is 3. The standard InChI is InChI=1S/C22H26N2O4/c1-22(2,3)27-21(25)23-14-18-19(15-10-12-17(26-4)13-11-15)24(28-20(18)23)16-8-6-5-7-9-16/h5-13,18-20H,14H2,1-4H3/t18-,19-,20+/m0/s1. The van der Waals surface area contributed by atoms with E-state index in [-0.39, 0.29) is 24.3 Å². The molecule has 0 N–H and O–H groups in total. The lowest BCUT2D eigenvalue weighted by Crippen LogP contribution is -2.58. The van der Waals surface area contributed by atoms with Crippen LogP contribution in [0.4, 0.5) is 10.5 Å². The number of likely N-dealkylation sites (tertiary alicyclic amines) is 1. The number of anilines is 1. The van der Waals surface area contributed by atoms with E-state index in [1.54, 1.807) is 12.0 Å². The number of amides is 1. The summed E-state index contributed by atoms with van der Waals surface area (Å²) in [5.74, 6) is 0.982. The Labute approximate surface area is 165 Å². The molecule has 2 fully saturated rings. The summed E-state index contributed by atoms with van der Waals surface area (Å²) in [6.45, 7) is 6.20. The van der Waals surface area contributed by atoms with Gasteiger partial charge in [-0.05, 0) is 50.6 Å². The third kappa shape index (κ3) is 3.40. The number of carbonyl (C=O) groups is 1. The molecule has 4 rings (SSSR count). The Morgan fingerprint density at radius 2 is 1.75 bits per heavy atom. The SMILES string of the molecule is COc1ccc([C@H]2[C@@H]3CN(C(=O)OC(C)(C)C)[C@@H]3ON2c2ccccc2)cc1. The summed E-state index contributed by atoms with van der Waals surface area (Å²) in [6, 6.07) is 18.0. The minimum atomic E-state index is -0.532. The maximum absolute atomic E-state index is 12.5. The molecule has 2 aromatic carbocycles. The monoisotopic (exact) mass is 382 g/mol. The Morgan fingerprint density at radius 3 is 2.36 bits per heavy atom. The number of benzene rings is 2. The molecule has 28 heavy (non-hydrogen) atoms. The molecule has 2 aliphatic heterocycles. The van der Waals surface area contributed by atoms with Gasteiger partial charge in [0.2, 0.25) is 0 Å². The summed E-state index contributed by atoms with van der Waals surface area (Å²) in [6.07, 6.45) is -0.667. The molecule has 6 nitrogen and oxygen atoms in total. The first-order chi connectivity index (χ1) is 13.4. The molecular weight excluding hydrogens is 356 g/mol. The van der Waals surface area contributed by atoms with Gasteiger partial charge in [0.25, 0.3) is 0 Å². The van der Waals surface area contributed by atoms with Crippen molar-refractivity contribution in [3.05, 3.63) is 60.2 Å². The Hall–Kier alpha value is -2.73. The number of hydrogen-bond acceptors (Lipinski definition) is 5. The number of nitrogens with zero attached hydrogens (tertiary/aromatic N) is 2. The van der Waals surface area contributed by atoms with Gasteiger partial charge in [0.05, 0.1) is 24.8 Å². The molecule has 3 atom stereocenters. The highest BCUT2D eigenvalue weighted by molar-refractivity contribution is 5.70. The van der Waals surface area contributed by atoms with Crippen molar-refractivity contribution in [1.82, 2.24) is 4.90 Å². The van der Waals surface area contributed by atoms with Gasteiger partial charge in [-0.1, -0.05) is 30.3 Å². The van der Waals surface area contributed by atoms with Gasteiger partial charge in [0, 0.05) is 6.54 Å². The molecule has 2 heterocycles. The van der Waals surface area contributed by atoms with Crippen LogP contribution in [0.5, 0.6) is 5.75 Å². The summed E-state index contributed by atoms with van der Waals surface area (Å²) in [4.78, 5) is 20.4. The minimum Gasteiger partial charge on any atom is -0.497 e. The molecule has 0 aromatic heterocycles. The van der Waals surface area contributed by atoms with Crippen LogP contribution in [-0.2, 0) is 9.57 Å². The first-order valence-corrected chi connectivity index (χ1v) is 9.52. The zero-order chi connectivity index (χ0) is 19.9. The lowest BCUT2D eigenvalue weighted by Gasteiger charge is -2.42. The third-order valence-corrected chi connectivity index (χ3v) is 5.06. The van der Waals surface area contributed by atoms with Crippen molar-refractivity contribution in [2.45, 2.75) is 38.6 Å². The van der Waals surface area contributed by atoms with E-state index in [1.807, 2.05) is 68.3 Å². The normalized spacial score (nSPS) is 23.8. The van der Waals surface area contributed by atoms with Crippen LogP contribution < -0.4 is 9.80 Å². The van der Waals surface area contributed by atoms with Crippen LogP contribution in [0.2, 0.25) is 0 Å². The van der Waals surface area contributed by atoms with E-state index in [1.165, 1.54) is 0 Å². The lowest BCUT2D eigenvalue weighted by molar-refractivity contribution is -0.115. The fraction of sp³-hybridized carbons (Fsp3) is 0.409. The summed E-state index contributed by atoms with van der Waals surface area (Å²) in [5.41, 5.74) is 1.55. The van der Waals surface area contributed by atoms with Gasteiger partial charge >= 0.3 is 6.09 Å². The van der Waals surface area contributed by atoms with Crippen LogP contribution in [0, 0.1) is 5.92 Å². The molecule has 2 aliphatic rings. The molecule has 6 heteroatoms. The molecular formula is C22H26N2O4. The molecule has 0 aliphatic carbocycles. The number of hydroxylamine groups is 1. The smallest absolute Gasteiger partial charge is 0.412 e. The maximum atomic E-state index is 12.5. The van der Waals surface area contributed by atoms with E-state index in [2.05, 4.69) is 12.1 Å². The molecule has 2 saturated heterocycles. The van der Waals surface area contributed by atoms with Crippen molar-refractivity contribution < 1.29 is 19.1 Å². The van der Waals surface area contributed by atoms with Crippen molar-refractivity contribution in [2.24, 2.45) is 5.92 Å². The van der Waals surface area contributed by atoms with Gasteiger partial charge in [-0.25, -0.2) is 14.7 Å². The van der Waals surface area contributed by atoms with Crippen LogP contribution in [0.25, 0.3) is 0 Å². The number of para-hydroxylation sites is 1. The zero-order valence-electron chi connectivity index (χ0n) is 16.7. The number of methoxy groups -OCH3 is 1. The van der Waals surface area contributed by atoms with Gasteiger partial charge in [0.15, 0.2) is 6.23 Å². The van der Waals surface area contributed by atoms with Gasteiger partial charge in [0.1, 0.15) is 11.4 Å². The van der Waals surface area contributed by atoms with Crippen molar-refractivity contribution in [3.8, 4) is 5.75 Å². The largest absolute Gasteiger partial charge is 0.497 e. The van der Waals surface area contributed by atoms with Gasteiger partial charge in [-0.3, -0.25) is 4.90 Å². The molecule has 148 valence electrons. The second-order valence-electron chi connectivity index (χ2n) is 8.17. The van der Waals surface area contributed by atoms with Crippen LogP contribution in [-0.4, -0.2) is 36.5 Å². The first kappa shape index (κ1) is 18.6. The van der Waals surface area contributed by atoms with Gasteiger partial charge < -0.3 is 9.47 Å². The summed E-state index contributed by atoms with van der Waals surface area (Å²) < 4.78 is 10.8. The lowest BCUT2D eigenvalue weighted by atomic mass is 9.86. The van der Waals surface area contributed by atoms with Crippen LogP contribution in [0.15, 0.2) is 54.6 Å². The van der Waals surface area contributed by atoms with E-state index in [4.69, 9.17) is 14.3 Å². The number of hydrogen-bond donors (Lipinski definition) is 0. The molecule has 0 saturated carbocycles. The Morgan fingerprint density at radius 1 is 1.07 bits per heavy atom. The highest BCUT2D eigenvalue weighted by Crippen LogP contribution is 2.49. The van der Waals surface area contributed by atoms with Gasteiger partial charge in [-0.2, -0.15) is 0 Å². The highest BCUT2D eigenvalue weighted by atomic mass is 16.7. The fourth-order valence-electron chi connectivity index (χ4n) is 3.74. The first-order valence-electron chi connectivity index (χ1n) is 9.52. The fourth-order valence-corrected chi connectivity index (χ4v) is 3.74. The highest BCUT2D eigenvalue weighted by Gasteiger charge is 2.57. The van der Waals surface area contributed by atoms with Crippen molar-refractivity contribution in [2.75, 3.05) is 18.7 Å². The third-order valence-electron chi connectivity index (χ3n) is 5.06. The Balaban J connectivity index is 1.61. The van der Waals surface area contributed by atoms with Crippen LogP contribution in [0.1, 0.15) is 32.4 Å². The summed E-state index contributed by atoms with van der Waals surface area (Å²) in [7, 11) is 1.66. The average molecular weight is 382 g/mol. The summed E-state index contributed by atoms with van der Waals surface area (Å²) >= 11 is 0. The van der Waals surface area contributed by atoms with Crippen LogP contribution in [0.3, 0.4) is 0 Å². The predicted octanol–water partition coefficient (Wildman–Crippen LogP) is 4.38. The Bertz CT molecular complexity index is 832. The minimum absolute atomic E-state index is 0.0111. The van der Waals surface area contributed by atoms with E-state index in [0.29, 0.717) is 6.54 Å². The number of fused-ring (bicyclic) bond motifs is 1. The van der Waals surface area contributed by atoms with Gasteiger partial charge in [-0.15, -0.1) is 0 Å². The molecule has 0 unspecified atom stereocenters. The molecule has 2 aromatic rings. The number of ether oxygens (including phenoxy) is 2. The second kappa shape index (κ2) is 7.02. The summed E-state index contributed by atoms with van der Waals surface area (Å²) in [5, 5.41) is 1.92. The quantitative estimate of drug-likeness (QED) is 0.788. The topological polar surface area (TPSA) is 51.2 Å². The van der Waals surface area contributed by atoms with E-state index in [9.17, 15) is 4.79 Å². The Kier molecular flexibility index (Phi) is 4.67. The molecule has 0 spiro atoms.